The lowest BCUT2D eigenvalue weighted by Crippen LogP contribution is -2.03. The predicted octanol–water partition coefficient (Wildman–Crippen LogP) is 1.09. The molecule has 2 aromatic rings. The highest BCUT2D eigenvalue weighted by Crippen LogP contribution is 2.07. The summed E-state index contributed by atoms with van der Waals surface area (Å²) in [5.74, 6) is 0.363. The molecule has 2 aromatic heterocycles. The first-order chi connectivity index (χ1) is 8.74. The molecule has 0 aromatic carbocycles. The maximum absolute atomic E-state index is 11.4. The van der Waals surface area contributed by atoms with Crippen LogP contribution in [0.25, 0.3) is 5.65 Å². The van der Waals surface area contributed by atoms with Crippen LogP contribution in [0, 0.1) is 0 Å². The Morgan fingerprint density at radius 3 is 2.94 bits per heavy atom. The summed E-state index contributed by atoms with van der Waals surface area (Å²) in [6, 6.07) is 3.42. The van der Waals surface area contributed by atoms with Gasteiger partial charge < -0.3 is 9.47 Å². The Balaban J connectivity index is 2.20. The largest absolute Gasteiger partial charge is 0.465 e. The number of pyridine rings is 1. The molecule has 6 heteroatoms. The minimum Gasteiger partial charge on any atom is -0.465 e. The highest BCUT2D eigenvalue weighted by molar-refractivity contribution is 5.89. The predicted molar refractivity (Wildman–Crippen MR) is 64.5 cm³/mol. The molecule has 2 rings (SSSR count). The molecule has 0 saturated carbocycles. The van der Waals surface area contributed by atoms with Gasteiger partial charge in [0.1, 0.15) is 0 Å². The number of ether oxygens (including phenoxy) is 2. The average molecular weight is 249 g/mol. The standard InChI is InChI=1S/C12H15N3O3/c1-17-7-3-4-10-13-11-6-5-9(12(16)18-2)8-15(11)14-10/h5-6,8H,3-4,7H2,1-2H3. The van der Waals surface area contributed by atoms with Crippen molar-refractivity contribution in [3.05, 3.63) is 29.7 Å². The van der Waals surface area contributed by atoms with Gasteiger partial charge >= 0.3 is 5.97 Å². The summed E-state index contributed by atoms with van der Waals surface area (Å²) in [5, 5.41) is 4.30. The van der Waals surface area contributed by atoms with E-state index in [2.05, 4.69) is 14.8 Å². The molecule has 18 heavy (non-hydrogen) atoms. The van der Waals surface area contributed by atoms with E-state index in [-0.39, 0.29) is 5.97 Å². The Hall–Kier alpha value is -1.95. The zero-order chi connectivity index (χ0) is 13.0. The molecule has 0 unspecified atom stereocenters. The second-order valence-corrected chi connectivity index (χ2v) is 3.84. The molecule has 0 amide bonds. The van der Waals surface area contributed by atoms with E-state index in [1.807, 2.05) is 0 Å². The number of carbonyl (C=O) groups is 1. The van der Waals surface area contributed by atoms with E-state index >= 15 is 0 Å². The van der Waals surface area contributed by atoms with Crippen molar-refractivity contribution >= 4 is 11.6 Å². The molecule has 0 N–H and O–H groups in total. The lowest BCUT2D eigenvalue weighted by atomic mass is 10.3. The van der Waals surface area contributed by atoms with Crippen LogP contribution in [0.15, 0.2) is 18.3 Å². The van der Waals surface area contributed by atoms with Gasteiger partial charge in [-0.1, -0.05) is 0 Å². The number of rotatable bonds is 5. The first-order valence-electron chi connectivity index (χ1n) is 5.67. The summed E-state index contributed by atoms with van der Waals surface area (Å²) in [4.78, 5) is 15.7. The molecule has 2 heterocycles. The Kier molecular flexibility index (Phi) is 3.88. The van der Waals surface area contributed by atoms with E-state index in [4.69, 9.17) is 4.74 Å². The van der Waals surface area contributed by atoms with Crippen LogP contribution in [0.3, 0.4) is 0 Å². The van der Waals surface area contributed by atoms with Crippen molar-refractivity contribution < 1.29 is 14.3 Å². The van der Waals surface area contributed by atoms with Crippen molar-refractivity contribution in [3.63, 3.8) is 0 Å². The van der Waals surface area contributed by atoms with Crippen LogP contribution in [0.2, 0.25) is 0 Å². The van der Waals surface area contributed by atoms with Crippen LogP contribution >= 0.6 is 0 Å². The number of carbonyl (C=O) groups excluding carboxylic acids is 1. The lowest BCUT2D eigenvalue weighted by Gasteiger charge is -1.98. The summed E-state index contributed by atoms with van der Waals surface area (Å²) >= 11 is 0. The van der Waals surface area contributed by atoms with Crippen LogP contribution in [0.5, 0.6) is 0 Å². The molecular formula is C12H15N3O3. The monoisotopic (exact) mass is 249 g/mol. The van der Waals surface area contributed by atoms with Crippen molar-refractivity contribution in [2.24, 2.45) is 0 Å². The quantitative estimate of drug-likeness (QED) is 0.586. The number of methoxy groups -OCH3 is 2. The minimum atomic E-state index is -0.381. The summed E-state index contributed by atoms with van der Waals surface area (Å²) < 4.78 is 11.2. The summed E-state index contributed by atoms with van der Waals surface area (Å²) in [6.07, 6.45) is 3.24. The van der Waals surface area contributed by atoms with Crippen LogP contribution in [0.4, 0.5) is 0 Å². The van der Waals surface area contributed by atoms with Gasteiger partial charge in [0.25, 0.3) is 0 Å². The smallest absolute Gasteiger partial charge is 0.339 e. The SMILES string of the molecule is COCCCc1nc2ccc(C(=O)OC)cn2n1. The molecule has 0 aliphatic heterocycles. The van der Waals surface area contributed by atoms with E-state index in [1.54, 1.807) is 30.0 Å². The van der Waals surface area contributed by atoms with Crippen LogP contribution in [-0.4, -0.2) is 41.4 Å². The van der Waals surface area contributed by atoms with Crippen LogP contribution in [-0.2, 0) is 15.9 Å². The third-order valence-electron chi connectivity index (χ3n) is 2.54. The first kappa shape index (κ1) is 12.5. The summed E-state index contributed by atoms with van der Waals surface area (Å²) in [7, 11) is 3.02. The molecule has 0 atom stereocenters. The highest BCUT2D eigenvalue weighted by Gasteiger charge is 2.08. The molecular weight excluding hydrogens is 234 g/mol. The second kappa shape index (κ2) is 5.59. The van der Waals surface area contributed by atoms with E-state index in [1.165, 1.54) is 7.11 Å². The number of nitrogens with zero attached hydrogens (tertiary/aromatic N) is 3. The molecule has 0 fully saturated rings. The Labute approximate surface area is 105 Å². The Bertz CT molecular complexity index is 550. The number of aromatic nitrogens is 3. The molecule has 0 spiro atoms. The number of hydrogen-bond donors (Lipinski definition) is 0. The zero-order valence-corrected chi connectivity index (χ0v) is 10.4. The number of esters is 1. The molecule has 0 bridgehead atoms. The summed E-state index contributed by atoms with van der Waals surface area (Å²) in [5.41, 5.74) is 1.17. The third kappa shape index (κ3) is 2.65. The molecule has 96 valence electrons. The van der Waals surface area contributed by atoms with Crippen molar-refractivity contribution in [1.29, 1.82) is 0 Å². The summed E-state index contributed by atoms with van der Waals surface area (Å²) in [6.45, 7) is 0.683. The highest BCUT2D eigenvalue weighted by atomic mass is 16.5. The molecule has 0 radical (unpaired) electrons. The van der Waals surface area contributed by atoms with Gasteiger partial charge in [-0.05, 0) is 18.6 Å². The molecule has 0 aliphatic rings. The van der Waals surface area contributed by atoms with Gasteiger partial charge in [-0.3, -0.25) is 0 Å². The van der Waals surface area contributed by atoms with Gasteiger partial charge in [0, 0.05) is 26.3 Å². The van der Waals surface area contributed by atoms with Gasteiger partial charge in [0.15, 0.2) is 11.5 Å². The van der Waals surface area contributed by atoms with Gasteiger partial charge in [-0.2, -0.15) is 5.10 Å². The number of hydrogen-bond acceptors (Lipinski definition) is 5. The fourth-order valence-electron chi connectivity index (χ4n) is 1.65. The minimum absolute atomic E-state index is 0.381. The molecule has 0 aliphatic carbocycles. The lowest BCUT2D eigenvalue weighted by molar-refractivity contribution is 0.0600. The van der Waals surface area contributed by atoms with Gasteiger partial charge in [-0.15, -0.1) is 0 Å². The van der Waals surface area contributed by atoms with Crippen LogP contribution < -0.4 is 0 Å². The topological polar surface area (TPSA) is 65.7 Å². The van der Waals surface area contributed by atoms with E-state index in [9.17, 15) is 4.79 Å². The maximum Gasteiger partial charge on any atom is 0.339 e. The normalized spacial score (nSPS) is 10.8. The number of fused-ring (bicyclic) bond motifs is 1. The first-order valence-corrected chi connectivity index (χ1v) is 5.67. The Morgan fingerprint density at radius 2 is 2.22 bits per heavy atom. The Morgan fingerprint density at radius 1 is 1.39 bits per heavy atom. The van der Waals surface area contributed by atoms with Crippen molar-refractivity contribution in [2.45, 2.75) is 12.8 Å². The van der Waals surface area contributed by atoms with E-state index in [0.29, 0.717) is 12.2 Å². The maximum atomic E-state index is 11.4. The van der Waals surface area contributed by atoms with Crippen molar-refractivity contribution in [2.75, 3.05) is 20.8 Å². The van der Waals surface area contributed by atoms with Gasteiger partial charge in [-0.25, -0.2) is 14.3 Å². The third-order valence-corrected chi connectivity index (χ3v) is 2.54. The van der Waals surface area contributed by atoms with E-state index in [0.717, 1.165) is 24.3 Å². The van der Waals surface area contributed by atoms with Crippen molar-refractivity contribution in [3.8, 4) is 0 Å². The number of aryl methyl sites for hydroxylation is 1. The molecule has 0 saturated heterocycles. The van der Waals surface area contributed by atoms with E-state index < -0.39 is 0 Å². The second-order valence-electron chi connectivity index (χ2n) is 3.84. The van der Waals surface area contributed by atoms with Gasteiger partial charge in [0.2, 0.25) is 0 Å². The fraction of sp³-hybridized carbons (Fsp3) is 0.417. The zero-order valence-electron chi connectivity index (χ0n) is 10.4. The van der Waals surface area contributed by atoms with Crippen molar-refractivity contribution in [1.82, 2.24) is 14.6 Å². The molecule has 6 nitrogen and oxygen atoms in total. The average Bonchev–Trinajstić information content (AvgIpc) is 2.79. The van der Waals surface area contributed by atoms with Crippen LogP contribution in [0.1, 0.15) is 22.6 Å². The van der Waals surface area contributed by atoms with Gasteiger partial charge in [0.05, 0.1) is 12.7 Å². The fourth-order valence-corrected chi connectivity index (χ4v) is 1.65.